The van der Waals surface area contributed by atoms with E-state index in [0.29, 0.717) is 0 Å². The van der Waals surface area contributed by atoms with Gasteiger partial charge in [0.15, 0.2) is 0 Å². The predicted molar refractivity (Wildman–Crippen MR) is 45.1 cm³/mol. The van der Waals surface area contributed by atoms with Gasteiger partial charge in [-0.05, 0) is 11.6 Å². The van der Waals surface area contributed by atoms with Gasteiger partial charge in [-0.2, -0.15) is 0 Å². The number of benzene rings is 1. The molecule has 1 aromatic carbocycles. The van der Waals surface area contributed by atoms with Gasteiger partial charge in [-0.15, -0.1) is 0 Å². The van der Waals surface area contributed by atoms with Crippen LogP contribution < -0.4 is 0 Å². The maximum Gasteiger partial charge on any atom is 0.0737 e. The van der Waals surface area contributed by atoms with Crippen molar-refractivity contribution in [3.8, 4) is 0 Å². The number of rotatable bonds is 0. The second-order valence-corrected chi connectivity index (χ2v) is 2.42. The van der Waals surface area contributed by atoms with Crippen LogP contribution in [0, 0.1) is 6.92 Å². The van der Waals surface area contributed by atoms with E-state index in [-0.39, 0.29) is 0 Å². The van der Waals surface area contributed by atoms with E-state index < -0.39 is 0 Å². The Morgan fingerprint density at radius 2 is 1.91 bits per heavy atom. The Morgan fingerprint density at radius 1 is 1.09 bits per heavy atom. The molecule has 2 aromatic rings. The minimum absolute atomic E-state index is 0.739. The average molecular weight is 141 g/mol. The van der Waals surface area contributed by atoms with Crippen molar-refractivity contribution in [2.45, 2.75) is 0 Å². The fourth-order valence-corrected chi connectivity index (χ4v) is 1.13. The molecule has 11 heavy (non-hydrogen) atoms. The minimum Gasteiger partial charge on any atom is -0.256 e. The molecule has 0 aliphatic rings. The summed E-state index contributed by atoms with van der Waals surface area (Å²) >= 11 is 0. The lowest BCUT2D eigenvalue weighted by atomic mass is 10.1. The first kappa shape index (κ1) is 6.35. The Hall–Kier alpha value is -1.37. The van der Waals surface area contributed by atoms with Crippen LogP contribution in [0.15, 0.2) is 36.5 Å². The molecule has 0 amide bonds. The summed E-state index contributed by atoms with van der Waals surface area (Å²) in [5, 5.41) is 1.09. The first-order valence-electron chi connectivity index (χ1n) is 3.47. The highest BCUT2D eigenvalue weighted by atomic mass is 14.6. The Kier molecular flexibility index (Phi) is 1.35. The van der Waals surface area contributed by atoms with E-state index in [1.54, 1.807) is 6.20 Å². The van der Waals surface area contributed by atoms with Crippen molar-refractivity contribution < 1.29 is 0 Å². The molecule has 0 atom stereocenters. The van der Waals surface area contributed by atoms with E-state index >= 15 is 0 Å². The van der Waals surface area contributed by atoms with Crippen molar-refractivity contribution >= 4 is 10.9 Å². The van der Waals surface area contributed by atoms with Crippen LogP contribution in [0.25, 0.3) is 10.9 Å². The third kappa shape index (κ3) is 0.984. The third-order valence-corrected chi connectivity index (χ3v) is 1.66. The Bertz CT molecular complexity index is 374. The Balaban J connectivity index is 2.91. The molecule has 0 saturated heterocycles. The number of para-hydroxylation sites is 1. The van der Waals surface area contributed by atoms with Crippen LogP contribution in [0.4, 0.5) is 0 Å². The van der Waals surface area contributed by atoms with Crippen LogP contribution in [0.2, 0.25) is 0 Å². The molecule has 0 aliphatic heterocycles. The molecule has 1 heteroatoms. The number of hydrogen-bond acceptors (Lipinski definition) is 1. The van der Waals surface area contributed by atoms with E-state index in [0.717, 1.165) is 16.5 Å². The van der Waals surface area contributed by atoms with Gasteiger partial charge in [-0.1, -0.05) is 24.3 Å². The molecule has 2 rings (SSSR count). The molecule has 0 fully saturated rings. The van der Waals surface area contributed by atoms with E-state index in [2.05, 4.69) is 4.98 Å². The van der Waals surface area contributed by atoms with Gasteiger partial charge in [0, 0.05) is 18.5 Å². The normalized spacial score (nSPS) is 10.3. The number of pyridine rings is 1. The summed E-state index contributed by atoms with van der Waals surface area (Å²) in [5.41, 5.74) is 1.62. The molecule has 1 heterocycles. The maximum atomic E-state index is 5.69. The highest BCUT2D eigenvalue weighted by molar-refractivity contribution is 5.81. The smallest absolute Gasteiger partial charge is 0.0737 e. The summed E-state index contributed by atoms with van der Waals surface area (Å²) in [6.45, 7) is 5.69. The minimum atomic E-state index is 0.739. The quantitative estimate of drug-likeness (QED) is 0.548. The number of fused-ring (bicyclic) bond motifs is 1. The SMILES string of the molecule is [CH]c1cccc2cccnc12. The summed E-state index contributed by atoms with van der Waals surface area (Å²) in [4.78, 5) is 4.16. The van der Waals surface area contributed by atoms with E-state index in [4.69, 9.17) is 6.92 Å². The van der Waals surface area contributed by atoms with Gasteiger partial charge in [0.2, 0.25) is 0 Å². The Morgan fingerprint density at radius 3 is 2.73 bits per heavy atom. The lowest BCUT2D eigenvalue weighted by molar-refractivity contribution is 1.40. The van der Waals surface area contributed by atoms with Crippen molar-refractivity contribution in [3.63, 3.8) is 0 Å². The molecular formula is C10H7N. The molecule has 0 unspecified atom stereocenters. The second-order valence-electron chi connectivity index (χ2n) is 2.42. The molecule has 2 radical (unpaired) electrons. The summed E-state index contributed by atoms with van der Waals surface area (Å²) in [7, 11) is 0. The third-order valence-electron chi connectivity index (χ3n) is 1.66. The molecule has 0 saturated carbocycles. The molecular weight excluding hydrogens is 134 g/mol. The van der Waals surface area contributed by atoms with Gasteiger partial charge in [0.1, 0.15) is 0 Å². The molecule has 0 N–H and O–H groups in total. The number of hydrogen-bond donors (Lipinski definition) is 0. The lowest BCUT2D eigenvalue weighted by Crippen LogP contribution is -1.80. The van der Waals surface area contributed by atoms with Gasteiger partial charge >= 0.3 is 0 Å². The molecule has 1 aromatic heterocycles. The van der Waals surface area contributed by atoms with Gasteiger partial charge in [0.25, 0.3) is 0 Å². The zero-order chi connectivity index (χ0) is 7.68. The van der Waals surface area contributed by atoms with Gasteiger partial charge in [-0.25, -0.2) is 0 Å². The molecule has 52 valence electrons. The van der Waals surface area contributed by atoms with Gasteiger partial charge < -0.3 is 0 Å². The van der Waals surface area contributed by atoms with Crippen molar-refractivity contribution in [2.24, 2.45) is 0 Å². The first-order chi connectivity index (χ1) is 5.38. The molecule has 0 aliphatic carbocycles. The van der Waals surface area contributed by atoms with E-state index in [9.17, 15) is 0 Å². The van der Waals surface area contributed by atoms with Crippen molar-refractivity contribution in [1.29, 1.82) is 0 Å². The van der Waals surface area contributed by atoms with Gasteiger partial charge in [0.05, 0.1) is 5.52 Å². The second kappa shape index (κ2) is 2.35. The summed E-state index contributed by atoms with van der Waals surface area (Å²) in [5.74, 6) is 0. The zero-order valence-electron chi connectivity index (χ0n) is 5.99. The van der Waals surface area contributed by atoms with E-state index in [1.165, 1.54) is 0 Å². The topological polar surface area (TPSA) is 12.9 Å². The largest absolute Gasteiger partial charge is 0.256 e. The predicted octanol–water partition coefficient (Wildman–Crippen LogP) is 2.29. The molecule has 1 nitrogen and oxygen atoms in total. The van der Waals surface area contributed by atoms with Crippen molar-refractivity contribution in [3.05, 3.63) is 49.0 Å². The van der Waals surface area contributed by atoms with Crippen LogP contribution >= 0.6 is 0 Å². The highest BCUT2D eigenvalue weighted by Gasteiger charge is 1.93. The summed E-state index contributed by atoms with van der Waals surface area (Å²) in [6, 6.07) is 9.69. The van der Waals surface area contributed by atoms with Crippen LogP contribution in [0.3, 0.4) is 0 Å². The average Bonchev–Trinajstić information content (AvgIpc) is 2.06. The van der Waals surface area contributed by atoms with Crippen LogP contribution in [-0.2, 0) is 0 Å². The zero-order valence-corrected chi connectivity index (χ0v) is 5.99. The van der Waals surface area contributed by atoms with Crippen LogP contribution in [0.1, 0.15) is 5.56 Å². The summed E-state index contributed by atoms with van der Waals surface area (Å²) in [6.07, 6.45) is 1.75. The van der Waals surface area contributed by atoms with Crippen molar-refractivity contribution in [1.82, 2.24) is 4.98 Å². The lowest BCUT2D eigenvalue weighted by Gasteiger charge is -1.97. The fraction of sp³-hybridized carbons (Fsp3) is 0. The van der Waals surface area contributed by atoms with E-state index in [1.807, 2.05) is 30.3 Å². The monoisotopic (exact) mass is 141 g/mol. The van der Waals surface area contributed by atoms with Gasteiger partial charge in [-0.3, -0.25) is 4.98 Å². The number of aromatic nitrogens is 1. The fourth-order valence-electron chi connectivity index (χ4n) is 1.13. The summed E-state index contributed by atoms with van der Waals surface area (Å²) < 4.78 is 0. The maximum absolute atomic E-state index is 5.69. The molecule has 0 bridgehead atoms. The highest BCUT2D eigenvalue weighted by Crippen LogP contribution is 2.13. The molecule has 0 spiro atoms. The van der Waals surface area contributed by atoms with Crippen LogP contribution in [0.5, 0.6) is 0 Å². The standard InChI is InChI=1S/C10H7N/c1-8-4-2-5-9-6-3-7-11-10(8)9/h1-7H. The first-order valence-corrected chi connectivity index (χ1v) is 3.47. The Labute approximate surface area is 65.7 Å². The van der Waals surface area contributed by atoms with Crippen LogP contribution in [-0.4, -0.2) is 4.98 Å². The van der Waals surface area contributed by atoms with Crippen molar-refractivity contribution in [2.75, 3.05) is 0 Å². The number of nitrogens with zero attached hydrogens (tertiary/aromatic N) is 1.